The maximum atomic E-state index is 12.6. The number of carbonyl (C=O) groups is 1. The monoisotopic (exact) mass is 375 g/mol. The van der Waals surface area contributed by atoms with E-state index in [0.29, 0.717) is 17.9 Å². The molecule has 4 N–H and O–H groups in total. The number of imidazole rings is 1. The molecule has 0 saturated carbocycles. The Morgan fingerprint density at radius 3 is 2.93 bits per heavy atom. The Hall–Kier alpha value is -2.30. The normalized spacial score (nSPS) is 31.9. The van der Waals surface area contributed by atoms with Crippen LogP contribution in [0.15, 0.2) is 12.7 Å². The highest BCUT2D eigenvalue weighted by Gasteiger charge is 2.38. The molecule has 2 fully saturated rings. The molecular formula is C17H25N7O3. The molecule has 0 spiro atoms. The lowest BCUT2D eigenvalue weighted by Crippen LogP contribution is -2.55. The number of nitrogens with one attached hydrogen (secondary N) is 3. The Kier molecular flexibility index (Phi) is 4.94. The van der Waals surface area contributed by atoms with Gasteiger partial charge in [-0.25, -0.2) is 15.0 Å². The van der Waals surface area contributed by atoms with E-state index < -0.39 is 12.1 Å². The molecule has 4 heterocycles. The molecule has 10 heteroatoms. The van der Waals surface area contributed by atoms with Crippen molar-refractivity contribution in [3.8, 4) is 0 Å². The number of likely N-dealkylation sites (tertiary alicyclic amines) is 1. The van der Waals surface area contributed by atoms with Crippen molar-refractivity contribution in [2.45, 2.75) is 56.7 Å². The summed E-state index contributed by atoms with van der Waals surface area (Å²) in [6, 6.07) is -0.572. The number of amides is 1. The molecule has 2 aliphatic rings. The van der Waals surface area contributed by atoms with E-state index in [-0.39, 0.29) is 24.3 Å². The fraction of sp³-hybridized carbons (Fsp3) is 0.647. The zero-order valence-electron chi connectivity index (χ0n) is 15.4. The van der Waals surface area contributed by atoms with Crippen LogP contribution in [-0.4, -0.2) is 80.0 Å². The third-order valence-corrected chi connectivity index (χ3v) is 5.42. The van der Waals surface area contributed by atoms with Crippen LogP contribution in [-0.2, 0) is 9.53 Å². The molecule has 146 valence electrons. The first-order chi connectivity index (χ1) is 13.0. The number of likely N-dealkylation sites (N-methyl/N-ethyl adjacent to an activating group) is 1. The number of hydrogen-bond donors (Lipinski definition) is 4. The van der Waals surface area contributed by atoms with Crippen molar-refractivity contribution in [2.24, 2.45) is 0 Å². The largest absolute Gasteiger partial charge is 0.391 e. The number of aromatic amines is 1. The van der Waals surface area contributed by atoms with Crippen LogP contribution in [0.2, 0.25) is 0 Å². The van der Waals surface area contributed by atoms with Crippen LogP contribution in [0.25, 0.3) is 11.2 Å². The summed E-state index contributed by atoms with van der Waals surface area (Å²) >= 11 is 0. The van der Waals surface area contributed by atoms with Gasteiger partial charge < -0.3 is 25.5 Å². The van der Waals surface area contributed by atoms with Crippen LogP contribution in [0.4, 0.5) is 5.82 Å². The predicted molar refractivity (Wildman–Crippen MR) is 97.8 cm³/mol. The number of fused-ring (bicyclic) bond motifs is 1. The lowest BCUT2D eigenvalue weighted by Gasteiger charge is -2.36. The summed E-state index contributed by atoms with van der Waals surface area (Å²) in [4.78, 5) is 30.0. The molecule has 0 bridgehead atoms. The molecule has 5 atom stereocenters. The smallest absolute Gasteiger partial charge is 0.240 e. The number of carbonyl (C=O) groups excluding carboxylic acids is 1. The van der Waals surface area contributed by atoms with Crippen LogP contribution < -0.4 is 10.6 Å². The number of aromatic nitrogens is 4. The molecule has 4 rings (SSSR count). The summed E-state index contributed by atoms with van der Waals surface area (Å²) in [5, 5.41) is 16.4. The molecule has 2 saturated heterocycles. The Morgan fingerprint density at radius 2 is 2.19 bits per heavy atom. The second-order valence-corrected chi connectivity index (χ2v) is 7.27. The van der Waals surface area contributed by atoms with Gasteiger partial charge in [0.05, 0.1) is 24.6 Å². The number of aliphatic hydroxyl groups excluding tert-OH is 1. The number of nitrogens with zero attached hydrogens (tertiary/aromatic N) is 4. The maximum absolute atomic E-state index is 12.6. The van der Waals surface area contributed by atoms with Crippen molar-refractivity contribution in [1.82, 2.24) is 30.2 Å². The van der Waals surface area contributed by atoms with Gasteiger partial charge >= 0.3 is 0 Å². The van der Waals surface area contributed by atoms with E-state index in [2.05, 4.69) is 30.6 Å². The van der Waals surface area contributed by atoms with Crippen LogP contribution in [0.5, 0.6) is 0 Å². The van der Waals surface area contributed by atoms with Crippen LogP contribution >= 0.6 is 0 Å². The van der Waals surface area contributed by atoms with Gasteiger partial charge in [0.1, 0.15) is 24.1 Å². The SMILES string of the molecule is C[C@@H]1O[C@H](Nc2ncnc3nc[nH]c23)CC[C@H]1NC(=O)[C@H]1[C@@H](O)CCN1C. The van der Waals surface area contributed by atoms with E-state index >= 15 is 0 Å². The zero-order valence-corrected chi connectivity index (χ0v) is 15.4. The Bertz CT molecular complexity index is 803. The molecule has 1 amide bonds. The summed E-state index contributed by atoms with van der Waals surface area (Å²) < 4.78 is 6.05. The first-order valence-corrected chi connectivity index (χ1v) is 9.27. The molecule has 10 nitrogen and oxygen atoms in total. The minimum absolute atomic E-state index is 0.0886. The van der Waals surface area contributed by atoms with E-state index in [9.17, 15) is 9.90 Å². The summed E-state index contributed by atoms with van der Waals surface area (Å²) in [5.41, 5.74) is 1.34. The molecular weight excluding hydrogens is 350 g/mol. The van der Waals surface area contributed by atoms with Crippen LogP contribution in [0.1, 0.15) is 26.2 Å². The molecule has 2 aromatic heterocycles. The third-order valence-electron chi connectivity index (χ3n) is 5.42. The molecule has 0 radical (unpaired) electrons. The number of rotatable bonds is 4. The van der Waals surface area contributed by atoms with E-state index in [1.54, 1.807) is 6.33 Å². The van der Waals surface area contributed by atoms with Crippen molar-refractivity contribution >= 4 is 22.9 Å². The van der Waals surface area contributed by atoms with E-state index in [1.165, 1.54) is 6.33 Å². The number of anilines is 1. The highest BCUT2D eigenvalue weighted by molar-refractivity contribution is 5.83. The van der Waals surface area contributed by atoms with Gasteiger partial charge in [0, 0.05) is 6.54 Å². The first-order valence-electron chi connectivity index (χ1n) is 9.27. The summed E-state index contributed by atoms with van der Waals surface area (Å²) in [6.45, 7) is 2.67. The summed E-state index contributed by atoms with van der Waals surface area (Å²) in [5.74, 6) is 0.511. The summed E-state index contributed by atoms with van der Waals surface area (Å²) in [7, 11) is 1.86. The van der Waals surface area contributed by atoms with E-state index in [1.807, 2.05) is 18.9 Å². The van der Waals surface area contributed by atoms with Gasteiger partial charge in [0.2, 0.25) is 5.91 Å². The Labute approximate surface area is 156 Å². The van der Waals surface area contributed by atoms with Gasteiger partial charge in [-0.3, -0.25) is 9.69 Å². The average Bonchev–Trinajstić information content (AvgIpc) is 3.24. The average molecular weight is 375 g/mol. The molecule has 2 aromatic rings. The topological polar surface area (TPSA) is 128 Å². The number of hydrogen-bond acceptors (Lipinski definition) is 8. The van der Waals surface area contributed by atoms with Crippen molar-refractivity contribution in [2.75, 3.05) is 18.9 Å². The molecule has 0 unspecified atom stereocenters. The number of H-pyrrole nitrogens is 1. The lowest BCUT2D eigenvalue weighted by molar-refractivity contribution is -0.131. The predicted octanol–water partition coefficient (Wildman–Crippen LogP) is -0.160. The second-order valence-electron chi connectivity index (χ2n) is 7.27. The van der Waals surface area contributed by atoms with Crippen molar-refractivity contribution in [3.05, 3.63) is 12.7 Å². The van der Waals surface area contributed by atoms with Crippen LogP contribution in [0, 0.1) is 0 Å². The quantitative estimate of drug-likeness (QED) is 0.580. The highest BCUT2D eigenvalue weighted by atomic mass is 16.5. The highest BCUT2D eigenvalue weighted by Crippen LogP contribution is 2.24. The first kappa shape index (κ1) is 18.1. The van der Waals surface area contributed by atoms with Crippen LogP contribution in [0.3, 0.4) is 0 Å². The minimum Gasteiger partial charge on any atom is -0.391 e. The molecule has 27 heavy (non-hydrogen) atoms. The molecule has 0 aromatic carbocycles. The molecule has 2 aliphatic heterocycles. The van der Waals surface area contributed by atoms with E-state index in [4.69, 9.17) is 4.74 Å². The van der Waals surface area contributed by atoms with E-state index in [0.717, 1.165) is 24.9 Å². The standard InChI is InChI=1S/C17H25N7O3/c1-9-10(22-17(26)14-11(25)5-6-24(14)2)3-4-12(27-9)23-16-13-15(19-7-18-13)20-8-21-16/h7-12,14,25H,3-6H2,1-2H3,(H,22,26)(H2,18,19,20,21,23)/t9-,10+,11-,12-,14+/m0/s1. The van der Waals surface area contributed by atoms with Gasteiger partial charge in [0.25, 0.3) is 0 Å². The third kappa shape index (κ3) is 3.60. The van der Waals surface area contributed by atoms with Gasteiger partial charge in [0.15, 0.2) is 11.5 Å². The van der Waals surface area contributed by atoms with Crippen molar-refractivity contribution < 1.29 is 14.6 Å². The second kappa shape index (κ2) is 7.37. The van der Waals surface area contributed by atoms with Gasteiger partial charge in [-0.05, 0) is 33.2 Å². The van der Waals surface area contributed by atoms with Crippen molar-refractivity contribution in [3.63, 3.8) is 0 Å². The number of ether oxygens (including phenoxy) is 1. The Balaban J connectivity index is 1.35. The van der Waals surface area contributed by atoms with Gasteiger partial charge in [-0.1, -0.05) is 0 Å². The summed E-state index contributed by atoms with van der Waals surface area (Å²) in [6.07, 6.45) is 4.17. The lowest BCUT2D eigenvalue weighted by atomic mass is 10.0. The minimum atomic E-state index is -0.612. The number of aliphatic hydroxyl groups is 1. The Morgan fingerprint density at radius 1 is 1.33 bits per heavy atom. The zero-order chi connectivity index (χ0) is 19.0. The van der Waals surface area contributed by atoms with Gasteiger partial charge in [-0.15, -0.1) is 0 Å². The molecule has 0 aliphatic carbocycles. The van der Waals surface area contributed by atoms with Gasteiger partial charge in [-0.2, -0.15) is 0 Å². The fourth-order valence-electron chi connectivity index (χ4n) is 3.88. The fourth-order valence-corrected chi connectivity index (χ4v) is 3.88. The van der Waals surface area contributed by atoms with Crippen molar-refractivity contribution in [1.29, 1.82) is 0 Å². The maximum Gasteiger partial charge on any atom is 0.240 e.